The number of nitrogens with one attached hydrogen (secondary N) is 2. The molecule has 20 heavy (non-hydrogen) atoms. The minimum Gasteiger partial charge on any atom is -0.326 e. The highest BCUT2D eigenvalue weighted by Crippen LogP contribution is 2.30. The van der Waals surface area contributed by atoms with E-state index >= 15 is 0 Å². The summed E-state index contributed by atoms with van der Waals surface area (Å²) < 4.78 is 26.7. The van der Waals surface area contributed by atoms with Crippen molar-refractivity contribution in [3.8, 4) is 0 Å². The van der Waals surface area contributed by atoms with Crippen LogP contribution in [0.15, 0.2) is 29.2 Å². The molecular weight excluding hydrogens is 276 g/mol. The van der Waals surface area contributed by atoms with E-state index in [-0.39, 0.29) is 22.8 Å². The Labute approximate surface area is 119 Å². The normalized spacial score (nSPS) is 16.7. The lowest BCUT2D eigenvalue weighted by Gasteiger charge is -2.12. The Morgan fingerprint density at radius 3 is 2.40 bits per heavy atom. The summed E-state index contributed by atoms with van der Waals surface area (Å²) in [5, 5.41) is 2.78. The Kier molecular flexibility index (Phi) is 4.45. The zero-order valence-electron chi connectivity index (χ0n) is 11.7. The first-order valence-corrected chi connectivity index (χ1v) is 8.34. The fourth-order valence-electron chi connectivity index (χ4n) is 1.72. The minimum absolute atomic E-state index is 0.0123. The van der Waals surface area contributed by atoms with Crippen LogP contribution in [0.1, 0.15) is 33.1 Å². The summed E-state index contributed by atoms with van der Waals surface area (Å²) in [4.78, 5) is 11.8. The van der Waals surface area contributed by atoms with Crippen LogP contribution in [0.4, 0.5) is 5.69 Å². The third-order valence-corrected chi connectivity index (χ3v) is 4.95. The molecule has 1 atom stereocenters. The summed E-state index contributed by atoms with van der Waals surface area (Å²) in [7, 11) is -3.48. The van der Waals surface area contributed by atoms with Crippen LogP contribution in [0.5, 0.6) is 0 Å². The number of hydrogen-bond acceptors (Lipinski definition) is 3. The molecule has 2 N–H and O–H groups in total. The molecule has 0 aliphatic heterocycles. The van der Waals surface area contributed by atoms with Crippen molar-refractivity contribution in [2.75, 3.05) is 5.32 Å². The maximum Gasteiger partial charge on any atom is 0.240 e. The minimum atomic E-state index is -3.48. The molecule has 6 heteroatoms. The predicted molar refractivity (Wildman–Crippen MR) is 77.9 cm³/mol. The Balaban J connectivity index is 2.05. The van der Waals surface area contributed by atoms with Gasteiger partial charge in [0.05, 0.1) is 4.90 Å². The van der Waals surface area contributed by atoms with Crippen molar-refractivity contribution in [3.05, 3.63) is 24.3 Å². The van der Waals surface area contributed by atoms with Gasteiger partial charge in [-0.2, -0.15) is 0 Å². The number of amides is 1. The van der Waals surface area contributed by atoms with E-state index in [1.54, 1.807) is 12.1 Å². The molecule has 0 unspecified atom stereocenters. The van der Waals surface area contributed by atoms with Gasteiger partial charge in [-0.15, -0.1) is 0 Å². The Morgan fingerprint density at radius 1 is 1.30 bits per heavy atom. The van der Waals surface area contributed by atoms with E-state index in [1.807, 2.05) is 13.8 Å². The van der Waals surface area contributed by atoms with Gasteiger partial charge >= 0.3 is 0 Å². The summed E-state index contributed by atoms with van der Waals surface area (Å²) in [6.07, 6.45) is 2.61. The van der Waals surface area contributed by atoms with Crippen molar-refractivity contribution in [1.29, 1.82) is 0 Å². The van der Waals surface area contributed by atoms with Crippen LogP contribution in [0.2, 0.25) is 0 Å². The number of carbonyl (C=O) groups excluding carboxylic acids is 1. The summed E-state index contributed by atoms with van der Waals surface area (Å²) >= 11 is 0. The van der Waals surface area contributed by atoms with Gasteiger partial charge in [-0.3, -0.25) is 4.79 Å². The van der Waals surface area contributed by atoms with Gasteiger partial charge < -0.3 is 5.32 Å². The average Bonchev–Trinajstić information content (AvgIpc) is 3.23. The molecule has 0 aromatic heterocycles. The summed E-state index contributed by atoms with van der Waals surface area (Å²) in [6.45, 7) is 3.74. The van der Waals surface area contributed by atoms with Crippen molar-refractivity contribution >= 4 is 21.6 Å². The number of sulfonamides is 1. The van der Waals surface area contributed by atoms with Gasteiger partial charge in [0.15, 0.2) is 0 Å². The molecule has 1 aliphatic carbocycles. The number of benzene rings is 1. The van der Waals surface area contributed by atoms with Crippen LogP contribution in [0.25, 0.3) is 0 Å². The number of rotatable bonds is 6. The van der Waals surface area contributed by atoms with Crippen LogP contribution in [-0.2, 0) is 14.8 Å². The number of carbonyl (C=O) groups is 1. The van der Waals surface area contributed by atoms with Gasteiger partial charge in [0.1, 0.15) is 0 Å². The molecule has 1 amide bonds. The Morgan fingerprint density at radius 2 is 1.90 bits per heavy atom. The van der Waals surface area contributed by atoms with E-state index in [9.17, 15) is 13.2 Å². The first-order chi connectivity index (χ1) is 9.42. The highest BCUT2D eigenvalue weighted by molar-refractivity contribution is 7.89. The lowest BCUT2D eigenvalue weighted by atomic mass is 10.3. The fourth-order valence-corrected chi connectivity index (χ4v) is 3.05. The van der Waals surface area contributed by atoms with Crippen molar-refractivity contribution in [3.63, 3.8) is 0 Å². The summed E-state index contributed by atoms with van der Waals surface area (Å²) in [5.74, 6) is 0.142. The monoisotopic (exact) mass is 296 g/mol. The first kappa shape index (κ1) is 15.0. The smallest absolute Gasteiger partial charge is 0.240 e. The zero-order chi connectivity index (χ0) is 14.8. The molecule has 0 bridgehead atoms. The van der Waals surface area contributed by atoms with Crippen LogP contribution in [0.3, 0.4) is 0 Å². The van der Waals surface area contributed by atoms with Gasteiger partial charge in [-0.25, -0.2) is 13.1 Å². The SMILES string of the molecule is CC[C@@H](C)NS(=O)(=O)c1ccc(NC(=O)C2CC2)cc1. The van der Waals surface area contributed by atoms with Crippen molar-refractivity contribution in [1.82, 2.24) is 4.72 Å². The van der Waals surface area contributed by atoms with Crippen molar-refractivity contribution in [2.24, 2.45) is 5.92 Å². The second-order valence-electron chi connectivity index (χ2n) is 5.22. The molecule has 0 heterocycles. The first-order valence-electron chi connectivity index (χ1n) is 6.85. The highest BCUT2D eigenvalue weighted by Gasteiger charge is 2.29. The lowest BCUT2D eigenvalue weighted by Crippen LogP contribution is -2.31. The highest BCUT2D eigenvalue weighted by atomic mass is 32.2. The molecule has 0 saturated heterocycles. The molecule has 0 spiro atoms. The van der Waals surface area contributed by atoms with Gasteiger partial charge in [-0.05, 0) is 50.5 Å². The molecule has 1 saturated carbocycles. The third-order valence-electron chi connectivity index (χ3n) is 3.35. The van der Waals surface area contributed by atoms with Crippen LogP contribution in [-0.4, -0.2) is 20.4 Å². The maximum atomic E-state index is 12.1. The second-order valence-corrected chi connectivity index (χ2v) is 6.93. The Bertz CT molecular complexity index is 577. The van der Waals surface area contributed by atoms with E-state index in [0.29, 0.717) is 5.69 Å². The topological polar surface area (TPSA) is 75.3 Å². The molecular formula is C14H20N2O3S. The summed E-state index contributed by atoms with van der Waals surface area (Å²) in [5.41, 5.74) is 0.629. The number of anilines is 1. The molecule has 5 nitrogen and oxygen atoms in total. The molecule has 1 fully saturated rings. The standard InChI is InChI=1S/C14H20N2O3S/c1-3-10(2)16-20(18,19)13-8-6-12(7-9-13)15-14(17)11-4-5-11/h6-11,16H,3-5H2,1-2H3,(H,15,17)/t10-/m1/s1. The Hall–Kier alpha value is -1.40. The van der Waals surface area contributed by atoms with Crippen molar-refractivity contribution in [2.45, 2.75) is 44.0 Å². The van der Waals surface area contributed by atoms with Crippen LogP contribution >= 0.6 is 0 Å². The average molecular weight is 296 g/mol. The maximum absolute atomic E-state index is 12.1. The zero-order valence-corrected chi connectivity index (χ0v) is 12.5. The summed E-state index contributed by atoms with van der Waals surface area (Å²) in [6, 6.07) is 6.14. The van der Waals surface area contributed by atoms with Crippen LogP contribution in [0, 0.1) is 5.92 Å². The molecule has 1 aromatic rings. The molecule has 2 rings (SSSR count). The second kappa shape index (κ2) is 5.93. The molecule has 1 aromatic carbocycles. The third kappa shape index (κ3) is 3.80. The predicted octanol–water partition coefficient (Wildman–Crippen LogP) is 2.11. The molecule has 1 aliphatic rings. The number of hydrogen-bond donors (Lipinski definition) is 2. The van der Waals surface area contributed by atoms with Gasteiger partial charge in [0.25, 0.3) is 0 Å². The van der Waals surface area contributed by atoms with E-state index in [2.05, 4.69) is 10.0 Å². The quantitative estimate of drug-likeness (QED) is 0.844. The van der Waals surface area contributed by atoms with E-state index in [1.165, 1.54) is 12.1 Å². The fraction of sp³-hybridized carbons (Fsp3) is 0.500. The van der Waals surface area contributed by atoms with Gasteiger partial charge in [-0.1, -0.05) is 6.92 Å². The van der Waals surface area contributed by atoms with Gasteiger partial charge in [0.2, 0.25) is 15.9 Å². The van der Waals surface area contributed by atoms with E-state index < -0.39 is 10.0 Å². The lowest BCUT2D eigenvalue weighted by molar-refractivity contribution is -0.117. The van der Waals surface area contributed by atoms with Crippen LogP contribution < -0.4 is 10.0 Å². The van der Waals surface area contributed by atoms with E-state index in [4.69, 9.17) is 0 Å². The van der Waals surface area contributed by atoms with Gasteiger partial charge in [0, 0.05) is 17.6 Å². The van der Waals surface area contributed by atoms with Crippen molar-refractivity contribution < 1.29 is 13.2 Å². The van der Waals surface area contributed by atoms with E-state index in [0.717, 1.165) is 19.3 Å². The molecule has 110 valence electrons. The molecule has 0 radical (unpaired) electrons. The largest absolute Gasteiger partial charge is 0.326 e.